The van der Waals surface area contributed by atoms with E-state index >= 15 is 0 Å². The molecule has 2 aromatic rings. The molecule has 0 aliphatic carbocycles. The first-order valence-corrected chi connectivity index (χ1v) is 5.38. The van der Waals surface area contributed by atoms with Crippen molar-refractivity contribution in [2.75, 3.05) is 5.88 Å². The van der Waals surface area contributed by atoms with Gasteiger partial charge < -0.3 is 4.42 Å². The summed E-state index contributed by atoms with van der Waals surface area (Å²) in [6.45, 7) is 0.699. The van der Waals surface area contributed by atoms with E-state index < -0.39 is 0 Å². The molecule has 0 aliphatic rings. The molecule has 0 aliphatic heterocycles. The molecule has 2 heterocycles. The highest BCUT2D eigenvalue weighted by molar-refractivity contribution is 6.17. The summed E-state index contributed by atoms with van der Waals surface area (Å²) in [5.74, 6) is 0.661. The lowest BCUT2D eigenvalue weighted by Gasteiger charge is -1.94. The monoisotopic (exact) mass is 225 g/mol. The second-order valence-electron chi connectivity index (χ2n) is 3.33. The highest BCUT2D eigenvalue weighted by atomic mass is 35.5. The Morgan fingerprint density at radius 1 is 1.47 bits per heavy atom. The van der Waals surface area contributed by atoms with Crippen LogP contribution in [0.15, 0.2) is 29.2 Å². The Hall–Kier alpha value is -1.29. The zero-order valence-corrected chi connectivity index (χ0v) is 9.02. The van der Waals surface area contributed by atoms with Gasteiger partial charge in [-0.15, -0.1) is 16.7 Å². The molecule has 80 valence electrons. The van der Waals surface area contributed by atoms with E-state index in [1.54, 1.807) is 17.2 Å². The Morgan fingerprint density at radius 2 is 2.40 bits per heavy atom. The second-order valence-corrected chi connectivity index (χ2v) is 3.71. The van der Waals surface area contributed by atoms with Crippen molar-refractivity contribution in [1.29, 1.82) is 0 Å². The van der Waals surface area contributed by atoms with Crippen LogP contribution in [0.25, 0.3) is 0 Å². The van der Waals surface area contributed by atoms with Crippen LogP contribution in [0.4, 0.5) is 0 Å². The van der Waals surface area contributed by atoms with Crippen molar-refractivity contribution >= 4 is 11.6 Å². The van der Waals surface area contributed by atoms with Crippen molar-refractivity contribution in [1.82, 2.24) is 15.0 Å². The fourth-order valence-electron chi connectivity index (χ4n) is 1.35. The number of halogens is 1. The van der Waals surface area contributed by atoms with E-state index in [2.05, 4.69) is 10.3 Å². The molecule has 2 aromatic heterocycles. The molecule has 15 heavy (non-hydrogen) atoms. The molecule has 0 aromatic carbocycles. The Morgan fingerprint density at radius 3 is 3.13 bits per heavy atom. The summed E-state index contributed by atoms with van der Waals surface area (Å²) in [5, 5.41) is 8.08. The molecule has 2 rings (SSSR count). The number of aromatic nitrogens is 3. The molecule has 0 saturated heterocycles. The largest absolute Gasteiger partial charge is 0.472 e. The molecular formula is C10H12ClN3O. The lowest BCUT2D eigenvalue weighted by molar-refractivity contribution is 0.558. The molecular weight excluding hydrogens is 214 g/mol. The first-order valence-electron chi connectivity index (χ1n) is 4.84. The average Bonchev–Trinajstić information content (AvgIpc) is 2.87. The van der Waals surface area contributed by atoms with Crippen molar-refractivity contribution in [3.63, 3.8) is 0 Å². The number of alkyl halides is 1. The van der Waals surface area contributed by atoms with Gasteiger partial charge in [-0.2, -0.15) is 0 Å². The maximum Gasteiger partial charge on any atom is 0.0953 e. The fraction of sp³-hybridized carbons (Fsp3) is 0.400. The van der Waals surface area contributed by atoms with Crippen molar-refractivity contribution in [2.24, 2.45) is 0 Å². The molecule has 0 bridgehead atoms. The smallest absolute Gasteiger partial charge is 0.0953 e. The van der Waals surface area contributed by atoms with E-state index in [9.17, 15) is 0 Å². The number of hydrogen-bond acceptors (Lipinski definition) is 3. The second kappa shape index (κ2) is 4.98. The Labute approximate surface area is 92.8 Å². The van der Waals surface area contributed by atoms with Gasteiger partial charge in [0, 0.05) is 17.6 Å². The van der Waals surface area contributed by atoms with Crippen LogP contribution in [-0.2, 0) is 13.0 Å². The fourth-order valence-corrected chi connectivity index (χ4v) is 1.48. The molecule has 5 heteroatoms. The molecule has 0 radical (unpaired) electrons. The minimum absolute atomic E-state index is 0.661. The predicted molar refractivity (Wildman–Crippen MR) is 56.9 cm³/mol. The third kappa shape index (κ3) is 2.83. The first-order chi connectivity index (χ1) is 7.38. The van der Waals surface area contributed by atoms with Crippen LogP contribution in [0.1, 0.15) is 17.7 Å². The van der Waals surface area contributed by atoms with E-state index in [4.69, 9.17) is 16.0 Å². The van der Waals surface area contributed by atoms with Crippen molar-refractivity contribution in [3.8, 4) is 0 Å². The minimum Gasteiger partial charge on any atom is -0.472 e. The Balaban J connectivity index is 1.95. The molecule has 0 unspecified atom stereocenters. The zero-order chi connectivity index (χ0) is 10.5. The van der Waals surface area contributed by atoms with Crippen LogP contribution < -0.4 is 0 Å². The average molecular weight is 226 g/mol. The van der Waals surface area contributed by atoms with E-state index in [1.165, 1.54) is 0 Å². The van der Waals surface area contributed by atoms with E-state index in [0.29, 0.717) is 12.4 Å². The number of nitrogens with zero attached hydrogens (tertiary/aromatic N) is 3. The van der Waals surface area contributed by atoms with E-state index in [-0.39, 0.29) is 0 Å². The van der Waals surface area contributed by atoms with Crippen LogP contribution in [0.3, 0.4) is 0 Å². The predicted octanol–water partition coefficient (Wildman–Crippen LogP) is 2.09. The van der Waals surface area contributed by atoms with Crippen LogP contribution in [-0.4, -0.2) is 20.9 Å². The topological polar surface area (TPSA) is 43.9 Å². The third-order valence-corrected chi connectivity index (χ3v) is 2.34. The minimum atomic E-state index is 0.661. The lowest BCUT2D eigenvalue weighted by atomic mass is 10.3. The molecule has 4 nitrogen and oxygen atoms in total. The van der Waals surface area contributed by atoms with Gasteiger partial charge in [-0.1, -0.05) is 5.21 Å². The van der Waals surface area contributed by atoms with Gasteiger partial charge in [-0.3, -0.25) is 0 Å². The quantitative estimate of drug-likeness (QED) is 0.732. The lowest BCUT2D eigenvalue weighted by Crippen LogP contribution is -1.98. The van der Waals surface area contributed by atoms with Crippen molar-refractivity contribution in [2.45, 2.75) is 19.4 Å². The summed E-state index contributed by atoms with van der Waals surface area (Å²) >= 11 is 5.61. The van der Waals surface area contributed by atoms with Gasteiger partial charge in [0.15, 0.2) is 0 Å². The van der Waals surface area contributed by atoms with Gasteiger partial charge in [0.25, 0.3) is 0 Å². The highest BCUT2D eigenvalue weighted by Gasteiger charge is 2.01. The number of furan rings is 1. The van der Waals surface area contributed by atoms with Crippen molar-refractivity contribution < 1.29 is 4.42 Å². The molecule has 0 saturated carbocycles. The highest BCUT2D eigenvalue weighted by Crippen LogP contribution is 2.04. The zero-order valence-electron chi connectivity index (χ0n) is 8.27. The summed E-state index contributed by atoms with van der Waals surface area (Å²) in [4.78, 5) is 0. The van der Waals surface area contributed by atoms with Crippen LogP contribution >= 0.6 is 11.6 Å². The Bertz CT molecular complexity index is 396. The maximum atomic E-state index is 5.61. The summed E-state index contributed by atoms with van der Waals surface area (Å²) in [6, 6.07) is 1.92. The number of rotatable bonds is 5. The van der Waals surface area contributed by atoms with Gasteiger partial charge in [-0.25, -0.2) is 4.68 Å². The van der Waals surface area contributed by atoms with Crippen molar-refractivity contribution in [3.05, 3.63) is 36.0 Å². The summed E-state index contributed by atoms with van der Waals surface area (Å²) in [6.07, 6.45) is 7.13. The molecule has 0 spiro atoms. The SMILES string of the molecule is ClCCCc1cn(Cc2ccoc2)nn1. The summed E-state index contributed by atoms with van der Waals surface area (Å²) < 4.78 is 6.78. The maximum absolute atomic E-state index is 5.61. The van der Waals surface area contributed by atoms with Crippen LogP contribution in [0.2, 0.25) is 0 Å². The molecule has 0 N–H and O–H groups in total. The summed E-state index contributed by atoms with van der Waals surface area (Å²) in [5.41, 5.74) is 2.07. The standard InChI is InChI=1S/C10H12ClN3O/c11-4-1-2-10-7-14(13-12-10)6-9-3-5-15-8-9/h3,5,7-8H,1-2,4,6H2. The molecule has 0 amide bonds. The van der Waals surface area contributed by atoms with Gasteiger partial charge in [-0.05, 0) is 18.9 Å². The van der Waals surface area contributed by atoms with E-state index in [1.807, 2.05) is 12.3 Å². The van der Waals surface area contributed by atoms with Gasteiger partial charge >= 0.3 is 0 Å². The number of hydrogen-bond donors (Lipinski definition) is 0. The molecule has 0 atom stereocenters. The Kier molecular flexibility index (Phi) is 3.40. The normalized spacial score (nSPS) is 10.7. The van der Waals surface area contributed by atoms with Gasteiger partial charge in [0.05, 0.1) is 24.8 Å². The van der Waals surface area contributed by atoms with Crippen LogP contribution in [0.5, 0.6) is 0 Å². The summed E-state index contributed by atoms with van der Waals surface area (Å²) in [7, 11) is 0. The molecule has 0 fully saturated rings. The number of aryl methyl sites for hydroxylation is 1. The van der Waals surface area contributed by atoms with E-state index in [0.717, 1.165) is 24.1 Å². The van der Waals surface area contributed by atoms with Gasteiger partial charge in [0.1, 0.15) is 0 Å². The van der Waals surface area contributed by atoms with Gasteiger partial charge in [0.2, 0.25) is 0 Å². The van der Waals surface area contributed by atoms with Crippen LogP contribution in [0, 0.1) is 0 Å². The first kappa shape index (κ1) is 10.2. The third-order valence-electron chi connectivity index (χ3n) is 2.08.